The van der Waals surface area contributed by atoms with Gasteiger partial charge in [-0.15, -0.1) is 5.10 Å². The molecule has 3 aromatic rings. The van der Waals surface area contributed by atoms with Gasteiger partial charge in [-0.3, -0.25) is 14.5 Å². The normalized spacial score (nSPS) is 16.7. The Balaban J connectivity index is 1.37. The summed E-state index contributed by atoms with van der Waals surface area (Å²) in [5.41, 5.74) is -1.08. The van der Waals surface area contributed by atoms with Crippen molar-refractivity contribution in [3.05, 3.63) is 53.5 Å². The van der Waals surface area contributed by atoms with Crippen molar-refractivity contribution in [1.29, 1.82) is 0 Å². The zero-order valence-electron chi connectivity index (χ0n) is 26.0. The lowest BCUT2D eigenvalue weighted by Crippen LogP contribution is -2.44. The third kappa shape index (κ3) is 8.62. The molecule has 0 saturated carbocycles. The number of sulfone groups is 1. The quantitative estimate of drug-likeness (QED) is 0.300. The van der Waals surface area contributed by atoms with Gasteiger partial charge in [0, 0.05) is 58.3 Å². The maximum absolute atomic E-state index is 14.0. The van der Waals surface area contributed by atoms with E-state index >= 15 is 0 Å². The van der Waals surface area contributed by atoms with Crippen LogP contribution in [-0.2, 0) is 20.8 Å². The average Bonchev–Trinajstić information content (AvgIpc) is 3.54. The second kappa shape index (κ2) is 14.3. The van der Waals surface area contributed by atoms with Crippen LogP contribution in [-0.4, -0.2) is 129 Å². The van der Waals surface area contributed by atoms with Gasteiger partial charge in [-0.05, 0) is 44.3 Å². The first-order valence-electron chi connectivity index (χ1n) is 15.0. The minimum atomic E-state index is -5.03. The van der Waals surface area contributed by atoms with Crippen LogP contribution < -0.4 is 15.5 Å². The van der Waals surface area contributed by atoms with Gasteiger partial charge in [-0.1, -0.05) is 5.21 Å². The monoisotopic (exact) mass is 679 g/mol. The summed E-state index contributed by atoms with van der Waals surface area (Å²) in [6, 6.07) is 5.28. The van der Waals surface area contributed by atoms with E-state index in [0.29, 0.717) is 56.5 Å². The van der Waals surface area contributed by atoms with Crippen molar-refractivity contribution in [2.24, 2.45) is 0 Å². The molecule has 0 unspecified atom stereocenters. The Morgan fingerprint density at radius 3 is 2.43 bits per heavy atom. The van der Waals surface area contributed by atoms with E-state index in [-0.39, 0.29) is 11.4 Å². The molecule has 2 fully saturated rings. The molecule has 2 N–H and O–H groups in total. The van der Waals surface area contributed by atoms with Crippen molar-refractivity contribution < 1.29 is 35.9 Å². The maximum atomic E-state index is 14.0. The van der Waals surface area contributed by atoms with Crippen molar-refractivity contribution in [2.75, 3.05) is 89.1 Å². The van der Waals surface area contributed by atoms with Crippen LogP contribution in [0.5, 0.6) is 0 Å². The second-order valence-corrected chi connectivity index (χ2v) is 13.4. The van der Waals surface area contributed by atoms with Crippen LogP contribution in [0.15, 0.2) is 41.7 Å². The summed E-state index contributed by atoms with van der Waals surface area (Å²) in [4.78, 5) is 36.1. The van der Waals surface area contributed by atoms with Crippen molar-refractivity contribution in [3.8, 4) is 5.69 Å². The number of benzene rings is 1. The summed E-state index contributed by atoms with van der Waals surface area (Å²) in [6.07, 6.45) is -1.52. The van der Waals surface area contributed by atoms with Crippen molar-refractivity contribution >= 4 is 33.0 Å². The first kappa shape index (κ1) is 34.2. The van der Waals surface area contributed by atoms with Gasteiger partial charge in [-0.25, -0.2) is 18.1 Å². The summed E-state index contributed by atoms with van der Waals surface area (Å²) < 4.78 is 72.4. The van der Waals surface area contributed by atoms with E-state index in [1.54, 1.807) is 12.1 Å². The Kier molecular flexibility index (Phi) is 10.4. The molecule has 2 aromatic heterocycles. The van der Waals surface area contributed by atoms with Crippen molar-refractivity contribution in [3.63, 3.8) is 0 Å². The fourth-order valence-corrected chi connectivity index (χ4v) is 5.82. The topological polar surface area (TPSA) is 155 Å². The van der Waals surface area contributed by atoms with E-state index in [1.165, 1.54) is 16.9 Å². The molecule has 254 valence electrons. The molecular weight excluding hydrogens is 643 g/mol. The number of halogens is 3. The average molecular weight is 680 g/mol. The summed E-state index contributed by atoms with van der Waals surface area (Å²) in [6.45, 7) is 7.00. The molecular formula is C29H36F3N9O5S. The van der Waals surface area contributed by atoms with Crippen LogP contribution in [0.2, 0.25) is 0 Å². The fraction of sp³-hybridized carbons (Fsp3) is 0.483. The van der Waals surface area contributed by atoms with Crippen molar-refractivity contribution in [1.82, 2.24) is 35.1 Å². The smallest absolute Gasteiger partial charge is 0.379 e. The number of nitrogens with one attached hydrogen (secondary N) is 2. The minimum absolute atomic E-state index is 0.0666. The van der Waals surface area contributed by atoms with Gasteiger partial charge in [-0.2, -0.15) is 13.2 Å². The number of nitrogens with zero attached hydrogens (tertiary/aromatic N) is 7. The number of carbonyl (C=O) groups excluding carboxylic acids is 2. The second-order valence-electron chi connectivity index (χ2n) is 11.4. The van der Waals surface area contributed by atoms with Gasteiger partial charge in [0.05, 0.1) is 47.6 Å². The molecule has 47 heavy (non-hydrogen) atoms. The highest BCUT2D eigenvalue weighted by molar-refractivity contribution is 7.90. The molecule has 18 heteroatoms. The van der Waals surface area contributed by atoms with Gasteiger partial charge < -0.3 is 25.2 Å². The Morgan fingerprint density at radius 2 is 1.74 bits per heavy atom. The van der Waals surface area contributed by atoms with Crippen LogP contribution >= 0.6 is 0 Å². The third-order valence-electron chi connectivity index (χ3n) is 7.91. The SMILES string of the molecule is CN1CCN(c2ccc(-n3cc(C(=O)NCCCN4CCOCC4)nn3)cc2NC(=O)c2cnc(S(C)(=O)=O)cc2C(F)(F)F)CC1. The summed E-state index contributed by atoms with van der Waals surface area (Å²) in [5.74, 6) is -1.54. The standard InChI is InChI=1S/C29H36F3N9O5S/c1-38-8-10-40(11-9-38)25-5-4-20(41-19-24(36-37-41)28(43)33-6-3-7-39-12-14-46-15-13-39)16-23(25)35-27(42)21-18-34-26(47(2,44)45)17-22(21)29(30,31)32/h4-5,16-19H,3,6-15H2,1-2H3,(H,33,43)(H,35,42). The predicted octanol–water partition coefficient (Wildman–Crippen LogP) is 1.54. The number of likely N-dealkylation sites (N-methyl/N-ethyl adjacent to an activating group) is 1. The molecule has 2 amide bonds. The molecule has 0 aliphatic carbocycles. The third-order valence-corrected chi connectivity index (χ3v) is 8.90. The van der Waals surface area contributed by atoms with Gasteiger partial charge in [0.15, 0.2) is 20.6 Å². The molecule has 5 rings (SSSR count). The van der Waals surface area contributed by atoms with E-state index in [0.717, 1.165) is 45.4 Å². The minimum Gasteiger partial charge on any atom is -0.379 e. The first-order valence-corrected chi connectivity index (χ1v) is 16.9. The van der Waals surface area contributed by atoms with Crippen LogP contribution in [0.4, 0.5) is 24.5 Å². The number of carbonyl (C=O) groups is 2. The predicted molar refractivity (Wildman–Crippen MR) is 166 cm³/mol. The summed E-state index contributed by atoms with van der Waals surface area (Å²) in [5, 5.41) is 12.6. The zero-order valence-corrected chi connectivity index (χ0v) is 26.8. The van der Waals surface area contributed by atoms with E-state index in [9.17, 15) is 31.2 Å². The molecule has 0 spiro atoms. The van der Waals surface area contributed by atoms with Crippen LogP contribution in [0, 0.1) is 0 Å². The van der Waals surface area contributed by atoms with Gasteiger partial charge in [0.25, 0.3) is 11.8 Å². The molecule has 4 heterocycles. The Bertz CT molecular complexity index is 1700. The number of anilines is 2. The highest BCUT2D eigenvalue weighted by Gasteiger charge is 2.37. The number of rotatable bonds is 10. The van der Waals surface area contributed by atoms with E-state index in [1.807, 2.05) is 11.9 Å². The van der Waals surface area contributed by atoms with Gasteiger partial charge in [0.2, 0.25) is 0 Å². The Morgan fingerprint density at radius 1 is 1.02 bits per heavy atom. The number of piperazine rings is 1. The lowest BCUT2D eigenvalue weighted by Gasteiger charge is -2.35. The molecule has 2 saturated heterocycles. The lowest BCUT2D eigenvalue weighted by atomic mass is 10.1. The summed E-state index contributed by atoms with van der Waals surface area (Å²) >= 11 is 0. The Labute approximate surface area is 269 Å². The molecule has 0 atom stereocenters. The zero-order chi connectivity index (χ0) is 33.8. The number of ether oxygens (including phenoxy) is 1. The van der Waals surface area contributed by atoms with Crippen LogP contribution in [0.1, 0.15) is 32.8 Å². The number of hydrogen-bond donors (Lipinski definition) is 2. The number of aromatic nitrogens is 4. The molecule has 1 aromatic carbocycles. The Hall–Kier alpha value is -4.13. The number of alkyl halides is 3. The van der Waals surface area contributed by atoms with Gasteiger partial charge >= 0.3 is 6.18 Å². The van der Waals surface area contributed by atoms with E-state index < -0.39 is 44.0 Å². The molecule has 14 nitrogen and oxygen atoms in total. The molecule has 0 bridgehead atoms. The maximum Gasteiger partial charge on any atom is 0.417 e. The molecule has 0 radical (unpaired) electrons. The number of amides is 2. The molecule has 2 aliphatic rings. The number of morpholine rings is 1. The number of hydrogen-bond acceptors (Lipinski definition) is 11. The van der Waals surface area contributed by atoms with E-state index in [2.05, 4.69) is 35.7 Å². The van der Waals surface area contributed by atoms with Crippen LogP contribution in [0.25, 0.3) is 5.69 Å². The first-order chi connectivity index (χ1) is 22.3. The largest absolute Gasteiger partial charge is 0.417 e. The number of pyridine rings is 1. The van der Waals surface area contributed by atoms with Gasteiger partial charge in [0.1, 0.15) is 0 Å². The van der Waals surface area contributed by atoms with E-state index in [4.69, 9.17) is 4.74 Å². The van der Waals surface area contributed by atoms with Crippen molar-refractivity contribution in [2.45, 2.75) is 17.6 Å². The highest BCUT2D eigenvalue weighted by Crippen LogP contribution is 2.35. The van der Waals surface area contributed by atoms with Crippen LogP contribution in [0.3, 0.4) is 0 Å². The molecule has 2 aliphatic heterocycles. The summed E-state index contributed by atoms with van der Waals surface area (Å²) in [7, 11) is -2.10. The fourth-order valence-electron chi connectivity index (χ4n) is 5.25. The highest BCUT2D eigenvalue weighted by atomic mass is 32.2. The lowest BCUT2D eigenvalue weighted by molar-refractivity contribution is -0.138.